The van der Waals surface area contributed by atoms with Gasteiger partial charge in [0.25, 0.3) is 0 Å². The number of hydrogen-bond donors (Lipinski definition) is 1. The SMILES string of the molecule is Nc1ccc(OC2CCC2)cc1I. The van der Waals surface area contributed by atoms with Gasteiger partial charge in [0.2, 0.25) is 0 Å². The first-order chi connectivity index (χ1) is 6.25. The highest BCUT2D eigenvalue weighted by molar-refractivity contribution is 14.1. The van der Waals surface area contributed by atoms with Crippen molar-refractivity contribution in [1.29, 1.82) is 0 Å². The first kappa shape index (κ1) is 9.12. The van der Waals surface area contributed by atoms with Gasteiger partial charge in [0.05, 0.1) is 6.10 Å². The summed E-state index contributed by atoms with van der Waals surface area (Å²) in [4.78, 5) is 0. The summed E-state index contributed by atoms with van der Waals surface area (Å²) in [5, 5.41) is 0. The van der Waals surface area contributed by atoms with Gasteiger partial charge >= 0.3 is 0 Å². The van der Waals surface area contributed by atoms with Crippen molar-refractivity contribution < 1.29 is 4.74 Å². The summed E-state index contributed by atoms with van der Waals surface area (Å²) >= 11 is 2.22. The van der Waals surface area contributed by atoms with E-state index in [1.54, 1.807) is 0 Å². The van der Waals surface area contributed by atoms with Gasteiger partial charge in [-0.05, 0) is 60.1 Å². The van der Waals surface area contributed by atoms with Crippen molar-refractivity contribution in [3.63, 3.8) is 0 Å². The van der Waals surface area contributed by atoms with Gasteiger partial charge in [-0.2, -0.15) is 0 Å². The summed E-state index contributed by atoms with van der Waals surface area (Å²) in [5.74, 6) is 0.948. The van der Waals surface area contributed by atoms with Crippen molar-refractivity contribution in [2.24, 2.45) is 0 Å². The molecule has 0 atom stereocenters. The largest absolute Gasteiger partial charge is 0.490 e. The maximum Gasteiger partial charge on any atom is 0.120 e. The van der Waals surface area contributed by atoms with E-state index in [4.69, 9.17) is 10.5 Å². The first-order valence-corrected chi connectivity index (χ1v) is 5.55. The van der Waals surface area contributed by atoms with Crippen LogP contribution in [0.2, 0.25) is 0 Å². The third kappa shape index (κ3) is 2.07. The Kier molecular flexibility index (Phi) is 2.62. The molecule has 0 spiro atoms. The van der Waals surface area contributed by atoms with Gasteiger partial charge in [0.15, 0.2) is 0 Å². The van der Waals surface area contributed by atoms with E-state index in [0.29, 0.717) is 6.10 Å². The summed E-state index contributed by atoms with van der Waals surface area (Å²) < 4.78 is 6.79. The smallest absolute Gasteiger partial charge is 0.120 e. The normalized spacial score (nSPS) is 16.7. The molecule has 0 aromatic heterocycles. The van der Waals surface area contributed by atoms with E-state index in [1.807, 2.05) is 18.2 Å². The minimum Gasteiger partial charge on any atom is -0.490 e. The van der Waals surface area contributed by atoms with Crippen molar-refractivity contribution in [2.75, 3.05) is 5.73 Å². The molecule has 0 unspecified atom stereocenters. The fourth-order valence-electron chi connectivity index (χ4n) is 1.26. The Labute approximate surface area is 91.6 Å². The molecular weight excluding hydrogens is 277 g/mol. The molecule has 0 radical (unpaired) electrons. The fourth-order valence-corrected chi connectivity index (χ4v) is 1.75. The fraction of sp³-hybridized carbons (Fsp3) is 0.400. The molecule has 3 heteroatoms. The summed E-state index contributed by atoms with van der Waals surface area (Å²) in [6, 6.07) is 5.83. The molecule has 2 nitrogen and oxygen atoms in total. The second kappa shape index (κ2) is 3.74. The Morgan fingerprint density at radius 2 is 2.15 bits per heavy atom. The highest BCUT2D eigenvalue weighted by Crippen LogP contribution is 2.27. The molecule has 1 aliphatic rings. The third-order valence-electron chi connectivity index (χ3n) is 2.33. The van der Waals surface area contributed by atoms with E-state index in [2.05, 4.69) is 22.6 Å². The van der Waals surface area contributed by atoms with E-state index in [0.717, 1.165) is 15.0 Å². The molecule has 70 valence electrons. The minimum absolute atomic E-state index is 0.444. The standard InChI is InChI=1S/C10H12INO/c11-9-6-8(4-5-10(9)12)13-7-2-1-3-7/h4-7H,1-3,12H2. The molecule has 0 amide bonds. The van der Waals surface area contributed by atoms with Gasteiger partial charge in [0.1, 0.15) is 5.75 Å². The number of ether oxygens (including phenoxy) is 1. The molecule has 1 aromatic carbocycles. The summed E-state index contributed by atoms with van der Waals surface area (Å²) in [5.41, 5.74) is 6.52. The van der Waals surface area contributed by atoms with E-state index >= 15 is 0 Å². The van der Waals surface area contributed by atoms with E-state index in [9.17, 15) is 0 Å². The van der Waals surface area contributed by atoms with Gasteiger partial charge < -0.3 is 10.5 Å². The van der Waals surface area contributed by atoms with Crippen LogP contribution in [0.3, 0.4) is 0 Å². The second-order valence-corrected chi connectivity index (χ2v) is 4.52. The Balaban J connectivity index is 2.07. The molecule has 0 aliphatic heterocycles. The predicted molar refractivity (Wildman–Crippen MR) is 61.8 cm³/mol. The monoisotopic (exact) mass is 289 g/mol. The topological polar surface area (TPSA) is 35.2 Å². The lowest BCUT2D eigenvalue weighted by Crippen LogP contribution is -2.24. The van der Waals surface area contributed by atoms with Gasteiger partial charge in [-0.25, -0.2) is 0 Å². The molecule has 0 saturated heterocycles. The molecule has 0 heterocycles. The Morgan fingerprint density at radius 1 is 1.38 bits per heavy atom. The highest BCUT2D eigenvalue weighted by Gasteiger charge is 2.18. The Hall–Kier alpha value is -0.450. The number of benzene rings is 1. The molecule has 13 heavy (non-hydrogen) atoms. The van der Waals surface area contributed by atoms with Crippen LogP contribution in [0.25, 0.3) is 0 Å². The molecular formula is C10H12INO. The number of hydrogen-bond acceptors (Lipinski definition) is 2. The van der Waals surface area contributed by atoms with Crippen LogP contribution in [0.4, 0.5) is 5.69 Å². The van der Waals surface area contributed by atoms with Gasteiger partial charge in [-0.15, -0.1) is 0 Å². The number of nitrogens with two attached hydrogens (primary N) is 1. The molecule has 1 fully saturated rings. The van der Waals surface area contributed by atoms with Gasteiger partial charge in [0, 0.05) is 9.26 Å². The number of nitrogen functional groups attached to an aromatic ring is 1. The van der Waals surface area contributed by atoms with Crippen molar-refractivity contribution in [1.82, 2.24) is 0 Å². The van der Waals surface area contributed by atoms with Crippen molar-refractivity contribution in [3.8, 4) is 5.75 Å². The third-order valence-corrected chi connectivity index (χ3v) is 3.26. The number of anilines is 1. The maximum atomic E-state index is 5.73. The second-order valence-electron chi connectivity index (χ2n) is 3.35. The van der Waals surface area contributed by atoms with Crippen LogP contribution in [0.5, 0.6) is 5.75 Å². The van der Waals surface area contributed by atoms with Gasteiger partial charge in [-0.3, -0.25) is 0 Å². The van der Waals surface area contributed by atoms with Crippen LogP contribution in [0.1, 0.15) is 19.3 Å². The molecule has 1 aromatic rings. The molecule has 1 aliphatic carbocycles. The summed E-state index contributed by atoms with van der Waals surface area (Å²) in [6.07, 6.45) is 4.14. The van der Waals surface area contributed by atoms with Crippen molar-refractivity contribution in [2.45, 2.75) is 25.4 Å². The zero-order valence-corrected chi connectivity index (χ0v) is 9.45. The van der Waals surface area contributed by atoms with Crippen LogP contribution in [-0.4, -0.2) is 6.10 Å². The zero-order valence-electron chi connectivity index (χ0n) is 7.29. The zero-order chi connectivity index (χ0) is 9.26. The van der Waals surface area contributed by atoms with E-state index in [-0.39, 0.29) is 0 Å². The Bertz CT molecular complexity index is 310. The number of rotatable bonds is 2. The van der Waals surface area contributed by atoms with Crippen molar-refractivity contribution in [3.05, 3.63) is 21.8 Å². The molecule has 2 N–H and O–H groups in total. The van der Waals surface area contributed by atoms with Crippen molar-refractivity contribution >= 4 is 28.3 Å². The number of halogens is 1. The summed E-state index contributed by atoms with van der Waals surface area (Å²) in [6.45, 7) is 0. The lowest BCUT2D eigenvalue weighted by molar-refractivity contribution is 0.120. The van der Waals surface area contributed by atoms with Crippen LogP contribution >= 0.6 is 22.6 Å². The van der Waals surface area contributed by atoms with Crippen LogP contribution in [-0.2, 0) is 0 Å². The van der Waals surface area contributed by atoms with E-state index in [1.165, 1.54) is 19.3 Å². The minimum atomic E-state index is 0.444. The predicted octanol–water partition coefficient (Wildman–Crippen LogP) is 2.80. The van der Waals surface area contributed by atoms with Crippen LogP contribution in [0.15, 0.2) is 18.2 Å². The molecule has 1 saturated carbocycles. The van der Waals surface area contributed by atoms with Crippen LogP contribution < -0.4 is 10.5 Å². The maximum absolute atomic E-state index is 5.73. The lowest BCUT2D eigenvalue weighted by atomic mass is 9.96. The molecule has 2 rings (SSSR count). The average Bonchev–Trinajstić information content (AvgIpc) is 2.04. The first-order valence-electron chi connectivity index (χ1n) is 4.47. The van der Waals surface area contributed by atoms with Gasteiger partial charge in [-0.1, -0.05) is 0 Å². The highest BCUT2D eigenvalue weighted by atomic mass is 127. The van der Waals surface area contributed by atoms with E-state index < -0.39 is 0 Å². The average molecular weight is 289 g/mol. The lowest BCUT2D eigenvalue weighted by Gasteiger charge is -2.26. The summed E-state index contributed by atoms with van der Waals surface area (Å²) in [7, 11) is 0. The Morgan fingerprint density at radius 3 is 2.69 bits per heavy atom. The van der Waals surface area contributed by atoms with Crippen LogP contribution in [0, 0.1) is 3.57 Å². The quantitative estimate of drug-likeness (QED) is 0.671. The molecule has 0 bridgehead atoms.